The molecule has 2 aromatic rings. The topological polar surface area (TPSA) is 61.4 Å². The molecule has 0 radical (unpaired) electrons. The number of carbonyl (C=O) groups is 1. The van der Waals surface area contributed by atoms with Crippen molar-refractivity contribution >= 4 is 6.41 Å². The summed E-state index contributed by atoms with van der Waals surface area (Å²) in [4.78, 5) is 10.8. The molecule has 0 spiro atoms. The van der Waals surface area contributed by atoms with E-state index in [1.807, 2.05) is 30.3 Å². The van der Waals surface area contributed by atoms with Crippen molar-refractivity contribution in [1.82, 2.24) is 10.6 Å². The van der Waals surface area contributed by atoms with Gasteiger partial charge in [0, 0.05) is 13.1 Å². The molecule has 26 heavy (non-hydrogen) atoms. The lowest BCUT2D eigenvalue weighted by Crippen LogP contribution is -2.45. The molecular weight excluding hydrogens is 345 g/mol. The number of benzene rings is 2. The van der Waals surface area contributed by atoms with Crippen molar-refractivity contribution in [1.29, 1.82) is 0 Å². The summed E-state index contributed by atoms with van der Waals surface area (Å²) in [5, 5.41) is 15.8. The number of hydrogen-bond donors (Lipinski definition) is 3. The Labute approximate surface area is 150 Å². The Morgan fingerprint density at radius 2 is 1.73 bits per heavy atom. The zero-order valence-electron chi connectivity index (χ0n) is 14.0. The molecular formula is C19H21F3N2O2. The molecule has 1 amide bonds. The molecule has 2 rings (SSSR count). The van der Waals surface area contributed by atoms with Gasteiger partial charge in [0.25, 0.3) is 0 Å². The normalized spacial score (nSPS) is 13.8. The third kappa shape index (κ3) is 6.16. The number of alkyl halides is 3. The van der Waals surface area contributed by atoms with Crippen LogP contribution in [0.5, 0.6) is 0 Å². The number of aliphatic hydroxyl groups is 1. The average molecular weight is 366 g/mol. The molecule has 0 bridgehead atoms. The predicted molar refractivity (Wildman–Crippen MR) is 92.3 cm³/mol. The van der Waals surface area contributed by atoms with Crippen LogP contribution in [0, 0.1) is 0 Å². The number of carbonyl (C=O) groups excluding carboxylic acids is 1. The molecule has 0 fully saturated rings. The number of hydrogen-bond acceptors (Lipinski definition) is 3. The van der Waals surface area contributed by atoms with E-state index in [1.165, 1.54) is 6.07 Å². The van der Waals surface area contributed by atoms with Crippen LogP contribution in [0.15, 0.2) is 54.6 Å². The quantitative estimate of drug-likeness (QED) is 0.598. The van der Waals surface area contributed by atoms with Gasteiger partial charge in [-0.25, -0.2) is 0 Å². The summed E-state index contributed by atoms with van der Waals surface area (Å²) < 4.78 is 38.1. The van der Waals surface area contributed by atoms with E-state index in [0.29, 0.717) is 18.4 Å². The molecule has 0 saturated carbocycles. The molecule has 0 saturated heterocycles. The minimum absolute atomic E-state index is 0.134. The molecule has 2 atom stereocenters. The van der Waals surface area contributed by atoms with Gasteiger partial charge in [-0.1, -0.05) is 48.5 Å². The molecule has 0 aliphatic rings. The molecule has 0 heterocycles. The van der Waals surface area contributed by atoms with Crippen molar-refractivity contribution in [3.8, 4) is 0 Å². The lowest BCUT2D eigenvalue weighted by Gasteiger charge is -2.23. The van der Waals surface area contributed by atoms with Crippen molar-refractivity contribution in [3.63, 3.8) is 0 Å². The van der Waals surface area contributed by atoms with E-state index in [9.17, 15) is 23.1 Å². The first-order chi connectivity index (χ1) is 12.4. The fraction of sp³-hybridized carbons (Fsp3) is 0.316. The number of aliphatic hydroxyl groups excluding tert-OH is 1. The van der Waals surface area contributed by atoms with Crippen LogP contribution in [0.2, 0.25) is 0 Å². The van der Waals surface area contributed by atoms with Crippen molar-refractivity contribution in [2.45, 2.75) is 31.3 Å². The number of amides is 1. The van der Waals surface area contributed by atoms with Crippen LogP contribution >= 0.6 is 0 Å². The van der Waals surface area contributed by atoms with Crippen LogP contribution in [-0.2, 0) is 23.9 Å². The Morgan fingerprint density at radius 3 is 2.38 bits per heavy atom. The monoisotopic (exact) mass is 366 g/mol. The molecule has 0 aromatic heterocycles. The van der Waals surface area contributed by atoms with Crippen molar-refractivity contribution in [2.24, 2.45) is 0 Å². The summed E-state index contributed by atoms with van der Waals surface area (Å²) in [6.45, 7) is 0.314. The van der Waals surface area contributed by atoms with E-state index in [2.05, 4.69) is 10.6 Å². The summed E-state index contributed by atoms with van der Waals surface area (Å²) in [5.74, 6) is 0. The van der Waals surface area contributed by atoms with Crippen LogP contribution in [0.1, 0.15) is 16.7 Å². The summed E-state index contributed by atoms with van der Waals surface area (Å²) >= 11 is 0. The maximum Gasteiger partial charge on any atom is 0.416 e. The third-order valence-corrected chi connectivity index (χ3v) is 3.98. The molecule has 2 aromatic carbocycles. The van der Waals surface area contributed by atoms with Gasteiger partial charge in [0.1, 0.15) is 0 Å². The van der Waals surface area contributed by atoms with Gasteiger partial charge in [0.2, 0.25) is 6.41 Å². The smallest absolute Gasteiger partial charge is 0.390 e. The van der Waals surface area contributed by atoms with E-state index in [-0.39, 0.29) is 13.1 Å². The van der Waals surface area contributed by atoms with Gasteiger partial charge in [0.15, 0.2) is 0 Å². The Bertz CT molecular complexity index is 693. The van der Waals surface area contributed by atoms with Gasteiger partial charge < -0.3 is 15.7 Å². The Hall–Kier alpha value is -2.38. The second-order valence-corrected chi connectivity index (χ2v) is 5.98. The Balaban J connectivity index is 1.89. The van der Waals surface area contributed by atoms with E-state index in [0.717, 1.165) is 17.7 Å². The summed E-state index contributed by atoms with van der Waals surface area (Å²) in [5.41, 5.74) is 0.723. The number of rotatable bonds is 9. The first-order valence-electron chi connectivity index (χ1n) is 8.18. The fourth-order valence-corrected chi connectivity index (χ4v) is 2.63. The van der Waals surface area contributed by atoms with Gasteiger partial charge >= 0.3 is 6.18 Å². The number of halogens is 3. The number of nitrogens with one attached hydrogen (secondary N) is 2. The van der Waals surface area contributed by atoms with E-state index < -0.39 is 23.9 Å². The van der Waals surface area contributed by atoms with Crippen LogP contribution in [-0.4, -0.2) is 30.2 Å². The lowest BCUT2D eigenvalue weighted by molar-refractivity contribution is -0.137. The molecule has 4 nitrogen and oxygen atoms in total. The SMILES string of the molecule is O=CN[C@@H](Cc1ccccc1)[C@H](O)CNCc1cccc(C(F)(F)F)c1. The predicted octanol–water partition coefficient (Wildman–Crippen LogP) is 2.51. The second kappa shape index (κ2) is 9.35. The van der Waals surface area contributed by atoms with Crippen molar-refractivity contribution < 1.29 is 23.1 Å². The Kier molecular flexibility index (Phi) is 7.17. The minimum atomic E-state index is -4.38. The van der Waals surface area contributed by atoms with E-state index >= 15 is 0 Å². The van der Waals surface area contributed by atoms with Gasteiger partial charge in [-0.15, -0.1) is 0 Å². The molecule has 0 unspecified atom stereocenters. The van der Waals surface area contributed by atoms with Crippen LogP contribution in [0.3, 0.4) is 0 Å². The third-order valence-electron chi connectivity index (χ3n) is 3.98. The highest BCUT2D eigenvalue weighted by Crippen LogP contribution is 2.29. The molecule has 140 valence electrons. The first-order valence-corrected chi connectivity index (χ1v) is 8.18. The lowest BCUT2D eigenvalue weighted by atomic mass is 10.0. The van der Waals surface area contributed by atoms with Crippen molar-refractivity contribution in [3.05, 3.63) is 71.3 Å². The van der Waals surface area contributed by atoms with Gasteiger partial charge in [-0.2, -0.15) is 13.2 Å². The summed E-state index contributed by atoms with van der Waals surface area (Å²) in [6.07, 6.45) is -4.29. The standard InChI is InChI=1S/C19H21F3N2O2/c20-19(21,22)16-8-4-7-15(9-16)11-23-12-18(26)17(24-13-25)10-14-5-2-1-3-6-14/h1-9,13,17-18,23,26H,10-12H2,(H,24,25)/t17-,18+/m0/s1. The van der Waals surface area contributed by atoms with Crippen LogP contribution < -0.4 is 10.6 Å². The van der Waals surface area contributed by atoms with E-state index in [1.54, 1.807) is 6.07 Å². The maximum atomic E-state index is 12.7. The fourth-order valence-electron chi connectivity index (χ4n) is 2.63. The second-order valence-electron chi connectivity index (χ2n) is 5.98. The van der Waals surface area contributed by atoms with Crippen molar-refractivity contribution in [2.75, 3.05) is 6.54 Å². The average Bonchev–Trinajstić information content (AvgIpc) is 2.62. The summed E-state index contributed by atoms with van der Waals surface area (Å²) in [7, 11) is 0. The molecule has 0 aliphatic carbocycles. The first kappa shape index (κ1) is 19.9. The van der Waals surface area contributed by atoms with Crippen LogP contribution in [0.4, 0.5) is 13.2 Å². The molecule has 0 aliphatic heterocycles. The van der Waals surface area contributed by atoms with Gasteiger partial charge in [0.05, 0.1) is 17.7 Å². The maximum absolute atomic E-state index is 12.7. The largest absolute Gasteiger partial charge is 0.416 e. The zero-order valence-corrected chi connectivity index (χ0v) is 14.0. The van der Waals surface area contributed by atoms with E-state index in [4.69, 9.17) is 0 Å². The Morgan fingerprint density at radius 1 is 1.04 bits per heavy atom. The molecule has 3 N–H and O–H groups in total. The highest BCUT2D eigenvalue weighted by molar-refractivity contribution is 5.47. The van der Waals surface area contributed by atoms with Gasteiger partial charge in [-0.3, -0.25) is 4.79 Å². The molecule has 7 heteroatoms. The van der Waals surface area contributed by atoms with Crippen LogP contribution in [0.25, 0.3) is 0 Å². The summed E-state index contributed by atoms with van der Waals surface area (Å²) in [6, 6.07) is 13.9. The highest BCUT2D eigenvalue weighted by Gasteiger charge is 2.30. The zero-order chi connectivity index (χ0) is 19.0. The highest BCUT2D eigenvalue weighted by atomic mass is 19.4. The minimum Gasteiger partial charge on any atom is -0.390 e. The van der Waals surface area contributed by atoms with Gasteiger partial charge in [-0.05, 0) is 23.6 Å².